The number of ether oxygens (including phenoxy) is 5. The molecule has 192 valence electrons. The number of hydrogen-bond donors (Lipinski definition) is 1. The van der Waals surface area contributed by atoms with Crippen LogP contribution in [0.1, 0.15) is 45.7 Å². The van der Waals surface area contributed by atoms with Crippen LogP contribution in [0, 0.1) is 0 Å². The SMILES string of the molecule is COc1ccc(C2=NN3[C@H](C2)c2cc(Br)ccc2O[C@H]3c2ccc(OC)c(OC)c2C(=O)O)cc1OC. The monoisotopic (exact) mass is 568 g/mol. The zero-order valence-electron chi connectivity index (χ0n) is 20.6. The topological polar surface area (TPSA) is 99.1 Å². The number of halogens is 1. The molecule has 0 aromatic heterocycles. The van der Waals surface area contributed by atoms with Gasteiger partial charge in [0.25, 0.3) is 0 Å². The minimum absolute atomic E-state index is 0.0408. The first-order chi connectivity index (χ1) is 17.9. The molecule has 3 aromatic rings. The van der Waals surface area contributed by atoms with E-state index in [0.29, 0.717) is 35.0 Å². The second-order valence-electron chi connectivity index (χ2n) is 8.44. The maximum Gasteiger partial charge on any atom is 0.340 e. The number of carbonyl (C=O) groups is 1. The van der Waals surface area contributed by atoms with Gasteiger partial charge in [-0.3, -0.25) is 0 Å². The van der Waals surface area contributed by atoms with Crippen molar-refractivity contribution in [1.82, 2.24) is 5.01 Å². The third-order valence-electron chi connectivity index (χ3n) is 6.53. The minimum Gasteiger partial charge on any atom is -0.493 e. The first-order valence-electron chi connectivity index (χ1n) is 11.4. The summed E-state index contributed by atoms with van der Waals surface area (Å²) >= 11 is 3.56. The Labute approximate surface area is 222 Å². The van der Waals surface area contributed by atoms with Crippen molar-refractivity contribution in [3.8, 4) is 28.7 Å². The van der Waals surface area contributed by atoms with E-state index in [-0.39, 0.29) is 17.4 Å². The van der Waals surface area contributed by atoms with Gasteiger partial charge in [0, 0.05) is 27.6 Å². The fourth-order valence-corrected chi connectivity index (χ4v) is 5.20. The number of carboxylic acid groups (broad SMARTS) is 1. The molecule has 0 bridgehead atoms. The summed E-state index contributed by atoms with van der Waals surface area (Å²) in [7, 11) is 6.05. The van der Waals surface area contributed by atoms with Crippen LogP contribution in [0.4, 0.5) is 0 Å². The molecule has 0 amide bonds. The maximum absolute atomic E-state index is 12.4. The highest BCUT2D eigenvalue weighted by molar-refractivity contribution is 9.10. The molecule has 0 spiro atoms. The number of aromatic carboxylic acids is 1. The highest BCUT2D eigenvalue weighted by atomic mass is 79.9. The molecule has 0 fully saturated rings. The molecule has 0 radical (unpaired) electrons. The Morgan fingerprint density at radius 3 is 2.35 bits per heavy atom. The third kappa shape index (κ3) is 4.21. The number of methoxy groups -OCH3 is 4. The van der Waals surface area contributed by atoms with Gasteiger partial charge < -0.3 is 28.8 Å². The number of carboxylic acids is 1. The van der Waals surface area contributed by atoms with Crippen LogP contribution >= 0.6 is 15.9 Å². The van der Waals surface area contributed by atoms with E-state index in [1.807, 2.05) is 41.4 Å². The van der Waals surface area contributed by atoms with Gasteiger partial charge in [0.05, 0.1) is 40.2 Å². The number of fused-ring (bicyclic) bond motifs is 3. The molecule has 10 heteroatoms. The molecule has 0 aliphatic carbocycles. The standard InChI is InChI=1S/C27H25BrN2O7/c1-33-21-8-5-14(11-23(21)35-3)18-13-19-17-12-15(28)6-9-20(17)37-26(30(19)29-18)16-7-10-22(34-2)25(36-4)24(16)27(31)32/h5-12,19,26H,13H2,1-4H3,(H,31,32)/t19-,26+/m1/s1. The highest BCUT2D eigenvalue weighted by Gasteiger charge is 2.43. The molecule has 2 atom stereocenters. The molecular formula is C27H25BrN2O7. The Bertz CT molecular complexity index is 1410. The molecule has 2 aliphatic rings. The minimum atomic E-state index is -1.16. The smallest absolute Gasteiger partial charge is 0.340 e. The number of rotatable bonds is 7. The molecule has 0 unspecified atom stereocenters. The van der Waals surface area contributed by atoms with Crippen LogP contribution in [0.3, 0.4) is 0 Å². The van der Waals surface area contributed by atoms with Gasteiger partial charge >= 0.3 is 5.97 Å². The average molecular weight is 569 g/mol. The second-order valence-corrected chi connectivity index (χ2v) is 9.35. The lowest BCUT2D eigenvalue weighted by Gasteiger charge is -2.38. The largest absolute Gasteiger partial charge is 0.493 e. The predicted octanol–water partition coefficient (Wildman–Crippen LogP) is 5.42. The zero-order chi connectivity index (χ0) is 26.3. The van der Waals surface area contributed by atoms with Gasteiger partial charge in [-0.1, -0.05) is 15.9 Å². The number of hydrogen-bond acceptors (Lipinski definition) is 8. The molecular weight excluding hydrogens is 544 g/mol. The van der Waals surface area contributed by atoms with E-state index in [0.717, 1.165) is 21.3 Å². The quantitative estimate of drug-likeness (QED) is 0.403. The Kier molecular flexibility index (Phi) is 6.59. The van der Waals surface area contributed by atoms with Crippen LogP contribution in [0.5, 0.6) is 28.7 Å². The van der Waals surface area contributed by atoms with E-state index in [1.165, 1.54) is 14.2 Å². The third-order valence-corrected chi connectivity index (χ3v) is 7.02. The van der Waals surface area contributed by atoms with Gasteiger partial charge in [0.1, 0.15) is 11.3 Å². The summed E-state index contributed by atoms with van der Waals surface area (Å²) in [5.41, 5.74) is 2.99. The molecule has 2 heterocycles. The molecule has 5 rings (SSSR count). The molecule has 9 nitrogen and oxygen atoms in total. The molecule has 0 saturated heterocycles. The number of hydrazone groups is 1. The van der Waals surface area contributed by atoms with Gasteiger partial charge in [-0.25, -0.2) is 9.80 Å². The van der Waals surface area contributed by atoms with Crippen LogP contribution in [-0.2, 0) is 0 Å². The lowest BCUT2D eigenvalue weighted by atomic mass is 9.95. The number of benzene rings is 3. The summed E-state index contributed by atoms with van der Waals surface area (Å²) in [5, 5.41) is 16.9. The molecule has 2 aliphatic heterocycles. The first kappa shape index (κ1) is 24.8. The Hall–Kier alpha value is -3.92. The van der Waals surface area contributed by atoms with E-state index < -0.39 is 12.2 Å². The van der Waals surface area contributed by atoms with Crippen LogP contribution < -0.4 is 23.7 Å². The fraction of sp³-hybridized carbons (Fsp3) is 0.259. The van der Waals surface area contributed by atoms with Gasteiger partial charge in [-0.05, 0) is 48.5 Å². The van der Waals surface area contributed by atoms with Crippen molar-refractivity contribution in [1.29, 1.82) is 0 Å². The van der Waals surface area contributed by atoms with E-state index in [1.54, 1.807) is 26.4 Å². The summed E-state index contributed by atoms with van der Waals surface area (Å²) in [6, 6.07) is 14.6. The predicted molar refractivity (Wildman–Crippen MR) is 139 cm³/mol. The van der Waals surface area contributed by atoms with E-state index >= 15 is 0 Å². The Morgan fingerprint density at radius 2 is 1.68 bits per heavy atom. The maximum atomic E-state index is 12.4. The van der Waals surface area contributed by atoms with Crippen molar-refractivity contribution in [3.05, 3.63) is 75.3 Å². The Morgan fingerprint density at radius 1 is 0.946 bits per heavy atom. The molecule has 37 heavy (non-hydrogen) atoms. The van der Waals surface area contributed by atoms with Crippen molar-refractivity contribution >= 4 is 27.6 Å². The van der Waals surface area contributed by atoms with Crippen LogP contribution in [0.25, 0.3) is 0 Å². The fourth-order valence-electron chi connectivity index (χ4n) is 4.82. The van der Waals surface area contributed by atoms with E-state index in [2.05, 4.69) is 15.9 Å². The lowest BCUT2D eigenvalue weighted by molar-refractivity contribution is -0.0199. The van der Waals surface area contributed by atoms with E-state index in [9.17, 15) is 9.90 Å². The summed E-state index contributed by atoms with van der Waals surface area (Å²) < 4.78 is 29.0. The van der Waals surface area contributed by atoms with Crippen molar-refractivity contribution in [2.45, 2.75) is 18.7 Å². The van der Waals surface area contributed by atoms with Crippen LogP contribution in [0.2, 0.25) is 0 Å². The van der Waals surface area contributed by atoms with Crippen molar-refractivity contribution in [3.63, 3.8) is 0 Å². The normalized spacial score (nSPS) is 17.8. The molecule has 0 saturated carbocycles. The van der Waals surface area contributed by atoms with Gasteiger partial charge in [0.15, 0.2) is 23.0 Å². The van der Waals surface area contributed by atoms with Gasteiger partial charge in [-0.2, -0.15) is 5.10 Å². The summed E-state index contributed by atoms with van der Waals surface area (Å²) in [6.07, 6.45) is -0.240. The van der Waals surface area contributed by atoms with Crippen molar-refractivity contribution in [2.75, 3.05) is 28.4 Å². The van der Waals surface area contributed by atoms with Crippen LogP contribution in [0.15, 0.2) is 58.1 Å². The van der Waals surface area contributed by atoms with Gasteiger partial charge in [-0.15, -0.1) is 0 Å². The lowest BCUT2D eigenvalue weighted by Crippen LogP contribution is -2.34. The molecule has 3 aromatic carbocycles. The summed E-state index contributed by atoms with van der Waals surface area (Å²) in [4.78, 5) is 12.4. The summed E-state index contributed by atoms with van der Waals surface area (Å²) in [6.45, 7) is 0. The van der Waals surface area contributed by atoms with Crippen molar-refractivity contribution < 1.29 is 33.6 Å². The first-order valence-corrected chi connectivity index (χ1v) is 12.2. The summed E-state index contributed by atoms with van der Waals surface area (Å²) in [5.74, 6) is 1.15. The van der Waals surface area contributed by atoms with Crippen LogP contribution in [-0.4, -0.2) is 50.2 Å². The van der Waals surface area contributed by atoms with Gasteiger partial charge in [0.2, 0.25) is 6.23 Å². The highest BCUT2D eigenvalue weighted by Crippen LogP contribution is 2.50. The van der Waals surface area contributed by atoms with E-state index in [4.69, 9.17) is 28.8 Å². The average Bonchev–Trinajstić information content (AvgIpc) is 3.37. The molecule has 1 N–H and O–H groups in total. The Balaban J connectivity index is 1.66. The zero-order valence-corrected chi connectivity index (χ0v) is 22.2. The van der Waals surface area contributed by atoms with Crippen molar-refractivity contribution in [2.24, 2.45) is 5.10 Å². The second kappa shape index (κ2) is 9.85. The number of nitrogens with zero attached hydrogens (tertiary/aromatic N) is 2.